The van der Waals surface area contributed by atoms with Crippen LogP contribution in [0, 0.1) is 0 Å². The molecule has 0 N–H and O–H groups in total. The van der Waals surface area contributed by atoms with E-state index in [1.165, 1.54) is 11.8 Å². The van der Waals surface area contributed by atoms with Gasteiger partial charge in [-0.2, -0.15) is 4.68 Å². The van der Waals surface area contributed by atoms with Crippen LogP contribution in [0.3, 0.4) is 0 Å². The zero-order valence-electron chi connectivity index (χ0n) is 11.9. The summed E-state index contributed by atoms with van der Waals surface area (Å²) in [4.78, 5) is 4.56. The van der Waals surface area contributed by atoms with Gasteiger partial charge in [0.15, 0.2) is 0 Å². The van der Waals surface area contributed by atoms with Crippen molar-refractivity contribution < 1.29 is 0 Å². The number of aromatic nitrogens is 6. The molecule has 0 saturated carbocycles. The van der Waals surface area contributed by atoms with Crippen LogP contribution in [0.25, 0.3) is 11.3 Å². The summed E-state index contributed by atoms with van der Waals surface area (Å²) < 4.78 is 3.63. The molecule has 6 nitrogen and oxygen atoms in total. The maximum Gasteiger partial charge on any atom is 0.214 e. The van der Waals surface area contributed by atoms with Gasteiger partial charge in [0.05, 0.1) is 16.4 Å². The molecular weight excluding hydrogens is 332 g/mol. The van der Waals surface area contributed by atoms with Crippen LogP contribution in [0.2, 0.25) is 5.02 Å². The number of hydrogen-bond acceptors (Lipinski definition) is 5. The summed E-state index contributed by atoms with van der Waals surface area (Å²) in [5, 5.41) is 13.3. The Morgan fingerprint density at radius 1 is 1.04 bits per heavy atom. The second kappa shape index (κ2) is 6.02. The molecule has 0 aliphatic rings. The van der Waals surface area contributed by atoms with Crippen molar-refractivity contribution in [2.45, 2.75) is 10.9 Å². The average molecular weight is 343 g/mol. The predicted molar refractivity (Wildman–Crippen MR) is 88.9 cm³/mol. The second-order valence-electron chi connectivity index (χ2n) is 4.84. The molecule has 0 aliphatic heterocycles. The van der Waals surface area contributed by atoms with Crippen LogP contribution in [0.1, 0.15) is 5.69 Å². The largest absolute Gasteiger partial charge is 0.305 e. The number of thioether (sulfide) groups is 1. The molecule has 8 heteroatoms. The zero-order chi connectivity index (χ0) is 15.6. The molecule has 23 heavy (non-hydrogen) atoms. The number of rotatable bonds is 4. The first kappa shape index (κ1) is 14.2. The molecule has 0 spiro atoms. The number of imidazole rings is 1. The quantitative estimate of drug-likeness (QED) is 0.533. The van der Waals surface area contributed by atoms with E-state index in [-0.39, 0.29) is 0 Å². The Morgan fingerprint density at radius 3 is 2.78 bits per heavy atom. The van der Waals surface area contributed by atoms with Crippen LogP contribution >= 0.6 is 23.4 Å². The Bertz CT molecular complexity index is 949. The molecule has 0 amide bonds. The second-order valence-corrected chi connectivity index (χ2v) is 6.22. The lowest BCUT2D eigenvalue weighted by atomic mass is 10.3. The standard InChI is InChI=1S/C15H11ClN6S/c16-11-6-7-14-17-12(9-21(14)8-11)10-23-15-18-19-20-22(15)13-4-2-1-3-5-13/h1-9H,10H2. The fourth-order valence-electron chi connectivity index (χ4n) is 2.23. The van der Waals surface area contributed by atoms with Crippen molar-refractivity contribution in [3.05, 3.63) is 65.6 Å². The third-order valence-electron chi connectivity index (χ3n) is 3.26. The summed E-state index contributed by atoms with van der Waals surface area (Å²) in [5.74, 6) is 0.673. The number of tetrazole rings is 1. The lowest BCUT2D eigenvalue weighted by molar-refractivity contribution is 0.756. The first-order valence-electron chi connectivity index (χ1n) is 6.89. The molecule has 1 aromatic carbocycles. The van der Waals surface area contributed by atoms with Gasteiger partial charge in [0.25, 0.3) is 0 Å². The van der Waals surface area contributed by atoms with Gasteiger partial charge >= 0.3 is 0 Å². The molecule has 114 valence electrons. The van der Waals surface area contributed by atoms with E-state index in [1.54, 1.807) is 4.68 Å². The first-order valence-corrected chi connectivity index (χ1v) is 8.26. The van der Waals surface area contributed by atoms with Gasteiger partial charge < -0.3 is 4.40 Å². The molecule has 0 aliphatic carbocycles. The van der Waals surface area contributed by atoms with Crippen LogP contribution in [0.4, 0.5) is 0 Å². The van der Waals surface area contributed by atoms with Crippen LogP contribution in [-0.4, -0.2) is 29.6 Å². The minimum absolute atomic E-state index is 0.673. The van der Waals surface area contributed by atoms with Gasteiger partial charge in [-0.15, -0.1) is 5.10 Å². The van der Waals surface area contributed by atoms with Crippen molar-refractivity contribution >= 4 is 29.0 Å². The van der Waals surface area contributed by atoms with Gasteiger partial charge in [0.1, 0.15) is 5.65 Å². The molecule has 4 rings (SSSR count). The highest BCUT2D eigenvalue weighted by Crippen LogP contribution is 2.22. The zero-order valence-corrected chi connectivity index (χ0v) is 13.4. The molecule has 4 aromatic rings. The van der Waals surface area contributed by atoms with Gasteiger partial charge in [-0.1, -0.05) is 41.6 Å². The Kier molecular flexibility index (Phi) is 3.72. The van der Waals surface area contributed by atoms with Gasteiger partial charge in [-0.3, -0.25) is 0 Å². The fraction of sp³-hybridized carbons (Fsp3) is 0.0667. The van der Waals surface area contributed by atoms with Crippen molar-refractivity contribution in [2.24, 2.45) is 0 Å². The van der Waals surface area contributed by atoms with Gasteiger partial charge in [-0.25, -0.2) is 4.98 Å². The molecule has 0 fully saturated rings. The third kappa shape index (κ3) is 2.93. The van der Waals surface area contributed by atoms with Crippen molar-refractivity contribution in [3.63, 3.8) is 0 Å². The normalized spacial score (nSPS) is 11.2. The lowest BCUT2D eigenvalue weighted by Crippen LogP contribution is -1.98. The van der Waals surface area contributed by atoms with Crippen molar-refractivity contribution in [2.75, 3.05) is 0 Å². The Labute approximate surface area is 141 Å². The highest BCUT2D eigenvalue weighted by molar-refractivity contribution is 7.98. The Hall–Kier alpha value is -2.38. The topological polar surface area (TPSA) is 60.9 Å². The number of halogens is 1. The van der Waals surface area contributed by atoms with Crippen molar-refractivity contribution in [3.8, 4) is 5.69 Å². The maximum absolute atomic E-state index is 5.99. The first-order chi connectivity index (χ1) is 11.3. The number of nitrogens with zero attached hydrogens (tertiary/aromatic N) is 6. The number of hydrogen-bond donors (Lipinski definition) is 0. The predicted octanol–water partition coefficient (Wildman–Crippen LogP) is 3.26. The molecule has 0 saturated heterocycles. The van der Waals surface area contributed by atoms with E-state index in [1.807, 2.05) is 59.3 Å². The average Bonchev–Trinajstić information content (AvgIpc) is 3.19. The Balaban J connectivity index is 1.56. The molecule has 0 radical (unpaired) electrons. The molecule has 0 atom stereocenters. The SMILES string of the molecule is Clc1ccc2nc(CSc3nnnn3-c3ccccc3)cn2c1. The minimum Gasteiger partial charge on any atom is -0.305 e. The number of fused-ring (bicyclic) bond motifs is 1. The summed E-state index contributed by atoms with van der Waals surface area (Å²) in [7, 11) is 0. The number of para-hydroxylation sites is 1. The Morgan fingerprint density at radius 2 is 1.91 bits per heavy atom. The highest BCUT2D eigenvalue weighted by Gasteiger charge is 2.10. The van der Waals surface area contributed by atoms with Crippen LogP contribution in [-0.2, 0) is 5.75 Å². The fourth-order valence-corrected chi connectivity index (χ4v) is 3.17. The summed E-state index contributed by atoms with van der Waals surface area (Å²) >= 11 is 7.53. The summed E-state index contributed by atoms with van der Waals surface area (Å²) in [6.07, 6.45) is 3.80. The summed E-state index contributed by atoms with van der Waals surface area (Å²) in [6, 6.07) is 13.5. The molecular formula is C15H11ClN6S. The van der Waals surface area contributed by atoms with Crippen LogP contribution < -0.4 is 0 Å². The summed E-state index contributed by atoms with van der Waals surface area (Å²) in [6.45, 7) is 0. The van der Waals surface area contributed by atoms with Gasteiger partial charge in [0, 0.05) is 18.1 Å². The van der Waals surface area contributed by atoms with Crippen LogP contribution in [0.15, 0.2) is 60.0 Å². The van der Waals surface area contributed by atoms with Gasteiger partial charge in [-0.05, 0) is 34.7 Å². The van der Waals surface area contributed by atoms with E-state index in [4.69, 9.17) is 11.6 Å². The van der Waals surface area contributed by atoms with Crippen molar-refractivity contribution in [1.82, 2.24) is 29.6 Å². The molecule has 0 unspecified atom stereocenters. The molecule has 3 aromatic heterocycles. The molecule has 3 heterocycles. The highest BCUT2D eigenvalue weighted by atomic mass is 35.5. The number of pyridine rings is 1. The third-order valence-corrected chi connectivity index (χ3v) is 4.43. The monoisotopic (exact) mass is 342 g/mol. The van der Waals surface area contributed by atoms with E-state index in [2.05, 4.69) is 20.5 Å². The van der Waals surface area contributed by atoms with E-state index < -0.39 is 0 Å². The molecule has 0 bridgehead atoms. The lowest BCUT2D eigenvalue weighted by Gasteiger charge is -2.02. The van der Waals surface area contributed by atoms with Crippen LogP contribution in [0.5, 0.6) is 0 Å². The van der Waals surface area contributed by atoms with Gasteiger partial charge in [0.2, 0.25) is 5.16 Å². The number of benzene rings is 1. The maximum atomic E-state index is 5.99. The van der Waals surface area contributed by atoms with E-state index in [0.717, 1.165) is 22.2 Å². The van der Waals surface area contributed by atoms with E-state index >= 15 is 0 Å². The van der Waals surface area contributed by atoms with E-state index in [0.29, 0.717) is 10.8 Å². The smallest absolute Gasteiger partial charge is 0.214 e. The van der Waals surface area contributed by atoms with E-state index in [9.17, 15) is 0 Å². The summed E-state index contributed by atoms with van der Waals surface area (Å²) in [5.41, 5.74) is 2.74. The van der Waals surface area contributed by atoms with Crippen molar-refractivity contribution in [1.29, 1.82) is 0 Å². The minimum atomic E-state index is 0.673.